The average molecular weight is 405 g/mol. The second-order valence-electron chi connectivity index (χ2n) is 8.57. The molecule has 1 aromatic carbocycles. The Morgan fingerprint density at radius 1 is 1.13 bits per heavy atom. The molecule has 0 aliphatic carbocycles. The number of likely N-dealkylation sites (tertiary alicyclic amines) is 1. The van der Waals surface area contributed by atoms with E-state index in [2.05, 4.69) is 36.1 Å². The lowest BCUT2D eigenvalue weighted by atomic mass is 9.88. The number of rotatable bonds is 5. The summed E-state index contributed by atoms with van der Waals surface area (Å²) in [5, 5.41) is 4.39. The summed E-state index contributed by atoms with van der Waals surface area (Å²) in [6.07, 6.45) is 5.86. The first kappa shape index (κ1) is 20.3. The molecular formula is C24H28N4O2. The number of piperidine rings is 1. The van der Waals surface area contributed by atoms with Crippen molar-refractivity contribution in [2.45, 2.75) is 40.0 Å². The highest BCUT2D eigenvalue weighted by atomic mass is 16.2. The van der Waals surface area contributed by atoms with Crippen molar-refractivity contribution >= 4 is 17.3 Å². The van der Waals surface area contributed by atoms with Crippen molar-refractivity contribution in [2.24, 2.45) is 11.8 Å². The van der Waals surface area contributed by atoms with E-state index < -0.39 is 0 Å². The van der Waals surface area contributed by atoms with Gasteiger partial charge in [0.25, 0.3) is 5.91 Å². The Labute approximate surface area is 176 Å². The number of amides is 1. The Kier molecular flexibility index (Phi) is 5.66. The maximum atomic E-state index is 13.1. The van der Waals surface area contributed by atoms with Crippen molar-refractivity contribution in [1.82, 2.24) is 19.5 Å². The molecule has 1 aliphatic rings. The van der Waals surface area contributed by atoms with E-state index in [0.29, 0.717) is 48.8 Å². The number of benzene rings is 1. The zero-order valence-electron chi connectivity index (χ0n) is 17.8. The second-order valence-corrected chi connectivity index (χ2v) is 8.57. The molecular weight excluding hydrogens is 376 g/mol. The van der Waals surface area contributed by atoms with E-state index in [1.807, 2.05) is 24.0 Å². The number of carbonyl (C=O) groups is 2. The van der Waals surface area contributed by atoms with Gasteiger partial charge in [-0.3, -0.25) is 9.59 Å². The van der Waals surface area contributed by atoms with Crippen molar-refractivity contribution in [3.63, 3.8) is 0 Å². The second kappa shape index (κ2) is 8.38. The number of Topliss-reactive ketones (excluding diaryl/α,β-unsaturated/α-hetero) is 1. The third-order valence-corrected chi connectivity index (χ3v) is 5.82. The van der Waals surface area contributed by atoms with Crippen LogP contribution < -0.4 is 0 Å². The van der Waals surface area contributed by atoms with Gasteiger partial charge in [0.05, 0.1) is 5.69 Å². The molecule has 3 heterocycles. The van der Waals surface area contributed by atoms with E-state index in [4.69, 9.17) is 0 Å². The highest BCUT2D eigenvalue weighted by Crippen LogP contribution is 2.25. The first-order valence-electron chi connectivity index (χ1n) is 10.7. The summed E-state index contributed by atoms with van der Waals surface area (Å²) >= 11 is 0. The van der Waals surface area contributed by atoms with Crippen LogP contribution in [0.15, 0.2) is 42.7 Å². The fourth-order valence-corrected chi connectivity index (χ4v) is 4.26. The molecule has 1 amide bonds. The summed E-state index contributed by atoms with van der Waals surface area (Å²) in [6, 6.07) is 9.82. The molecule has 0 N–H and O–H groups in total. The Morgan fingerprint density at radius 3 is 2.50 bits per heavy atom. The third-order valence-electron chi connectivity index (χ3n) is 5.82. The lowest BCUT2D eigenvalue weighted by Crippen LogP contribution is -2.40. The lowest BCUT2D eigenvalue weighted by Gasteiger charge is -2.31. The smallest absolute Gasteiger partial charge is 0.259 e. The number of aryl methyl sites for hydroxylation is 1. The fourth-order valence-electron chi connectivity index (χ4n) is 4.26. The van der Waals surface area contributed by atoms with Crippen molar-refractivity contribution in [1.29, 1.82) is 0 Å². The molecule has 1 fully saturated rings. The quantitative estimate of drug-likeness (QED) is 0.604. The molecule has 0 saturated carbocycles. The van der Waals surface area contributed by atoms with Gasteiger partial charge in [-0.15, -0.1) is 0 Å². The number of fused-ring (bicyclic) bond motifs is 1. The monoisotopic (exact) mass is 404 g/mol. The summed E-state index contributed by atoms with van der Waals surface area (Å²) in [7, 11) is 0. The number of nitrogens with zero attached hydrogens (tertiary/aromatic N) is 4. The van der Waals surface area contributed by atoms with Gasteiger partial charge >= 0.3 is 0 Å². The molecule has 6 nitrogen and oxygen atoms in total. The maximum absolute atomic E-state index is 13.1. The number of hydrogen-bond acceptors (Lipinski definition) is 4. The number of ketones is 1. The molecule has 30 heavy (non-hydrogen) atoms. The van der Waals surface area contributed by atoms with Crippen LogP contribution in [0.1, 0.15) is 58.7 Å². The average Bonchev–Trinajstić information content (AvgIpc) is 3.08. The maximum Gasteiger partial charge on any atom is 0.259 e. The third kappa shape index (κ3) is 3.99. The highest BCUT2D eigenvalue weighted by Gasteiger charge is 2.30. The first-order chi connectivity index (χ1) is 14.4. The normalized spacial score (nSPS) is 15.1. The standard InChI is InChI=1S/C24H28N4O2/c1-16(2)15-18-5-7-19(8-6-18)22(29)20-9-13-27(14-10-20)24(30)21-17(3)26-28-12-4-11-25-23(21)28/h4-8,11-12,16,20H,9-10,13-15H2,1-3H3. The van der Waals surface area contributed by atoms with E-state index in [-0.39, 0.29) is 17.6 Å². The van der Waals surface area contributed by atoms with Crippen molar-refractivity contribution in [3.05, 3.63) is 65.1 Å². The van der Waals surface area contributed by atoms with Gasteiger partial charge < -0.3 is 4.90 Å². The number of carbonyl (C=O) groups excluding carboxylic acids is 2. The molecule has 0 atom stereocenters. The molecule has 1 saturated heterocycles. The van der Waals surface area contributed by atoms with E-state index >= 15 is 0 Å². The van der Waals surface area contributed by atoms with Crippen LogP contribution in [0.25, 0.3) is 5.65 Å². The van der Waals surface area contributed by atoms with E-state index in [1.54, 1.807) is 23.0 Å². The topological polar surface area (TPSA) is 67.6 Å². The predicted octanol–water partition coefficient (Wildman–Crippen LogP) is 3.97. The van der Waals surface area contributed by atoms with E-state index in [1.165, 1.54) is 5.56 Å². The van der Waals surface area contributed by atoms with Gasteiger partial charge in [-0.2, -0.15) is 5.10 Å². The lowest BCUT2D eigenvalue weighted by molar-refractivity contribution is 0.0651. The minimum atomic E-state index is -0.0508. The Bertz CT molecular complexity index is 1060. The number of aromatic nitrogens is 3. The van der Waals surface area contributed by atoms with Gasteiger partial charge in [-0.25, -0.2) is 9.50 Å². The minimum absolute atomic E-state index is 0.0341. The number of hydrogen-bond donors (Lipinski definition) is 0. The van der Waals surface area contributed by atoms with Gasteiger partial charge in [0.15, 0.2) is 11.4 Å². The van der Waals surface area contributed by atoms with E-state index in [9.17, 15) is 9.59 Å². The zero-order valence-corrected chi connectivity index (χ0v) is 17.8. The largest absolute Gasteiger partial charge is 0.338 e. The molecule has 0 bridgehead atoms. The van der Waals surface area contributed by atoms with Crippen molar-refractivity contribution in [3.8, 4) is 0 Å². The Hall–Kier alpha value is -3.02. The van der Waals surface area contributed by atoms with Crippen LogP contribution >= 0.6 is 0 Å². The molecule has 3 aromatic rings. The molecule has 0 radical (unpaired) electrons. The molecule has 0 unspecified atom stereocenters. The summed E-state index contributed by atoms with van der Waals surface area (Å²) < 4.78 is 1.64. The van der Waals surface area contributed by atoms with Crippen LogP contribution in [0.4, 0.5) is 0 Å². The Morgan fingerprint density at radius 2 is 1.83 bits per heavy atom. The SMILES string of the molecule is Cc1nn2cccnc2c1C(=O)N1CCC(C(=O)c2ccc(CC(C)C)cc2)CC1. The van der Waals surface area contributed by atoms with Crippen molar-refractivity contribution < 1.29 is 9.59 Å². The predicted molar refractivity (Wildman–Crippen MR) is 116 cm³/mol. The van der Waals surface area contributed by atoms with Crippen LogP contribution in [0.2, 0.25) is 0 Å². The molecule has 0 spiro atoms. The van der Waals surface area contributed by atoms with Gasteiger partial charge in [-0.05, 0) is 43.7 Å². The molecule has 4 rings (SSSR count). The first-order valence-corrected chi connectivity index (χ1v) is 10.7. The van der Waals surface area contributed by atoms with Crippen LogP contribution in [0, 0.1) is 18.8 Å². The van der Waals surface area contributed by atoms with Gasteiger partial charge in [0.1, 0.15) is 5.56 Å². The Balaban J connectivity index is 1.41. The van der Waals surface area contributed by atoms with Crippen LogP contribution in [0.3, 0.4) is 0 Å². The minimum Gasteiger partial charge on any atom is -0.338 e. The zero-order chi connectivity index (χ0) is 21.3. The summed E-state index contributed by atoms with van der Waals surface area (Å²) in [6.45, 7) is 7.37. The van der Waals surface area contributed by atoms with Crippen LogP contribution in [-0.4, -0.2) is 44.3 Å². The fraction of sp³-hybridized carbons (Fsp3) is 0.417. The molecule has 1 aliphatic heterocycles. The van der Waals surface area contributed by atoms with Crippen LogP contribution in [0.5, 0.6) is 0 Å². The van der Waals surface area contributed by atoms with Gasteiger partial charge in [0.2, 0.25) is 0 Å². The summed E-state index contributed by atoms with van der Waals surface area (Å²) in [4.78, 5) is 32.2. The highest BCUT2D eigenvalue weighted by molar-refractivity contribution is 6.01. The van der Waals surface area contributed by atoms with Crippen molar-refractivity contribution in [2.75, 3.05) is 13.1 Å². The van der Waals surface area contributed by atoms with E-state index in [0.717, 1.165) is 12.0 Å². The summed E-state index contributed by atoms with van der Waals surface area (Å²) in [5.41, 5.74) is 3.86. The summed E-state index contributed by atoms with van der Waals surface area (Å²) in [5.74, 6) is 0.700. The van der Waals surface area contributed by atoms with Gasteiger partial charge in [-0.1, -0.05) is 38.1 Å². The molecule has 6 heteroatoms. The van der Waals surface area contributed by atoms with Crippen LogP contribution in [-0.2, 0) is 6.42 Å². The molecule has 2 aromatic heterocycles. The molecule has 156 valence electrons. The van der Waals surface area contributed by atoms with Gasteiger partial charge in [0, 0.05) is 37.0 Å².